The zero-order valence-corrected chi connectivity index (χ0v) is 18.2. The fourth-order valence-corrected chi connectivity index (χ4v) is 3.01. The Morgan fingerprint density at radius 3 is 2.60 bits per heavy atom. The van der Waals surface area contributed by atoms with E-state index >= 15 is 0 Å². The summed E-state index contributed by atoms with van der Waals surface area (Å²) in [6, 6.07) is 17.8. The van der Waals surface area contributed by atoms with E-state index in [1.165, 1.54) is 18.5 Å². The first-order valence-electron chi connectivity index (χ1n) is 9.79. The summed E-state index contributed by atoms with van der Waals surface area (Å²) in [7, 11) is 0. The topological polar surface area (TPSA) is 59.6 Å². The minimum absolute atomic E-state index is 0.244. The van der Waals surface area contributed by atoms with Crippen molar-refractivity contribution in [2.24, 2.45) is 10.7 Å². The molecule has 0 saturated heterocycles. The monoisotopic (exact) mass is 427 g/mol. The largest absolute Gasteiger partial charge is 0.487 e. The molecule has 3 N–H and O–H groups in total. The van der Waals surface area contributed by atoms with Crippen LogP contribution in [-0.4, -0.2) is 6.34 Å². The van der Waals surface area contributed by atoms with E-state index in [0.717, 1.165) is 28.1 Å². The van der Waals surface area contributed by atoms with Gasteiger partial charge in [0.05, 0.1) is 17.0 Å². The van der Waals surface area contributed by atoms with Crippen molar-refractivity contribution in [3.63, 3.8) is 0 Å². The Morgan fingerprint density at radius 1 is 1.10 bits per heavy atom. The smallest absolute Gasteiger partial charge is 0.138 e. The molecule has 4 nitrogen and oxygen atoms in total. The van der Waals surface area contributed by atoms with Crippen molar-refractivity contribution < 1.29 is 9.13 Å². The maximum absolute atomic E-state index is 13.2. The third kappa shape index (κ3) is 6.78. The molecule has 0 saturated carbocycles. The number of anilines is 1. The van der Waals surface area contributed by atoms with Gasteiger partial charge >= 0.3 is 0 Å². The second-order valence-corrected chi connectivity index (χ2v) is 6.73. The van der Waals surface area contributed by atoms with Crippen molar-refractivity contribution in [2.45, 2.75) is 33.9 Å². The Labute approximate surface area is 182 Å². The molecule has 0 atom stereocenters. The van der Waals surface area contributed by atoms with Crippen molar-refractivity contribution in [3.8, 4) is 5.75 Å². The number of benzene rings is 3. The number of rotatable bonds is 7. The summed E-state index contributed by atoms with van der Waals surface area (Å²) in [5.41, 5.74) is 10.0. The Kier molecular flexibility index (Phi) is 9.16. The van der Waals surface area contributed by atoms with Crippen LogP contribution < -0.4 is 15.8 Å². The first-order chi connectivity index (χ1) is 14.5. The predicted octanol–water partition coefficient (Wildman–Crippen LogP) is 6.62. The fraction of sp³-hybridized carbons (Fsp3) is 0.208. The van der Waals surface area contributed by atoms with Crippen LogP contribution >= 0.6 is 11.6 Å². The third-order valence-electron chi connectivity index (χ3n) is 4.15. The number of aryl methyl sites for hydroxylation is 1. The van der Waals surface area contributed by atoms with Crippen molar-refractivity contribution in [1.82, 2.24) is 0 Å². The summed E-state index contributed by atoms with van der Waals surface area (Å²) in [5, 5.41) is 3.81. The summed E-state index contributed by atoms with van der Waals surface area (Å²) in [6.07, 6.45) is 1.29. The lowest BCUT2D eigenvalue weighted by Gasteiger charge is -2.12. The number of nitrogens with zero attached hydrogens (tertiary/aromatic N) is 1. The number of hydrogen-bond acceptors (Lipinski definition) is 3. The average molecular weight is 428 g/mol. The van der Waals surface area contributed by atoms with Gasteiger partial charge in [-0.05, 0) is 54.4 Å². The van der Waals surface area contributed by atoms with Crippen LogP contribution in [0.3, 0.4) is 0 Å². The Balaban J connectivity index is 0.00000155. The van der Waals surface area contributed by atoms with Crippen molar-refractivity contribution in [1.29, 1.82) is 0 Å². The van der Waals surface area contributed by atoms with Crippen molar-refractivity contribution in [3.05, 3.63) is 88.2 Å². The van der Waals surface area contributed by atoms with Crippen LogP contribution in [0.1, 0.15) is 30.5 Å². The molecule has 0 fully saturated rings. The molecule has 0 heterocycles. The second-order valence-electron chi connectivity index (χ2n) is 6.33. The van der Waals surface area contributed by atoms with Gasteiger partial charge in [-0.3, -0.25) is 0 Å². The highest BCUT2D eigenvalue weighted by atomic mass is 35.5. The molecule has 0 aliphatic carbocycles. The van der Waals surface area contributed by atoms with Gasteiger partial charge in [0.25, 0.3) is 0 Å². The normalized spacial score (nSPS) is 10.4. The Morgan fingerprint density at radius 2 is 1.90 bits per heavy atom. The molecule has 3 rings (SSSR count). The molecule has 0 radical (unpaired) electrons. The molecule has 6 heteroatoms. The lowest BCUT2D eigenvalue weighted by molar-refractivity contribution is 0.306. The van der Waals surface area contributed by atoms with Gasteiger partial charge in [-0.2, -0.15) is 0 Å². The molecular formula is C24H27ClFN3O. The van der Waals surface area contributed by atoms with Gasteiger partial charge in [0.15, 0.2) is 0 Å². The first-order valence-corrected chi connectivity index (χ1v) is 10.2. The quantitative estimate of drug-likeness (QED) is 0.329. The van der Waals surface area contributed by atoms with E-state index in [2.05, 4.69) is 16.4 Å². The zero-order chi connectivity index (χ0) is 21.9. The van der Waals surface area contributed by atoms with Crippen LogP contribution in [0.25, 0.3) is 0 Å². The highest BCUT2D eigenvalue weighted by molar-refractivity contribution is 6.32. The number of halogens is 2. The summed E-state index contributed by atoms with van der Waals surface area (Å²) in [5.74, 6) is 0.252. The van der Waals surface area contributed by atoms with Gasteiger partial charge in [-0.15, -0.1) is 0 Å². The number of nitrogens with two attached hydrogens (primary N) is 1. The zero-order valence-electron chi connectivity index (χ0n) is 17.5. The minimum Gasteiger partial charge on any atom is -0.487 e. The molecule has 0 unspecified atom stereocenters. The minimum atomic E-state index is -0.291. The molecule has 0 aromatic heterocycles. The molecule has 3 aromatic carbocycles. The maximum Gasteiger partial charge on any atom is 0.138 e. The molecule has 0 amide bonds. The van der Waals surface area contributed by atoms with Crippen LogP contribution in [-0.2, 0) is 13.2 Å². The molecular weight excluding hydrogens is 401 g/mol. The van der Waals surface area contributed by atoms with Crippen LogP contribution in [0.2, 0.25) is 5.02 Å². The highest BCUT2D eigenvalue weighted by Gasteiger charge is 2.06. The van der Waals surface area contributed by atoms with Crippen LogP contribution in [0.15, 0.2) is 65.7 Å². The van der Waals surface area contributed by atoms with Gasteiger partial charge in [-0.25, -0.2) is 9.38 Å². The number of nitrogens with one attached hydrogen (secondary N) is 1. The average Bonchev–Trinajstić information content (AvgIpc) is 2.75. The maximum atomic E-state index is 13.2. The Bertz CT molecular complexity index is 992. The molecule has 0 aliphatic heterocycles. The summed E-state index contributed by atoms with van der Waals surface area (Å²) < 4.78 is 18.9. The molecule has 158 valence electrons. The summed E-state index contributed by atoms with van der Waals surface area (Å²) >= 11 is 6.34. The molecule has 30 heavy (non-hydrogen) atoms. The summed E-state index contributed by atoms with van der Waals surface area (Å²) in [4.78, 5) is 4.19. The van der Waals surface area contributed by atoms with Gasteiger partial charge < -0.3 is 15.8 Å². The molecule has 0 aliphatic rings. The van der Waals surface area contributed by atoms with Gasteiger partial charge in [0.1, 0.15) is 18.2 Å². The molecule has 3 aromatic rings. The van der Waals surface area contributed by atoms with E-state index in [1.807, 2.05) is 39.0 Å². The predicted molar refractivity (Wildman–Crippen MR) is 124 cm³/mol. The standard InChI is InChI=1S/C22H21ClFN3O.C2H6/c1-15-5-7-21(27-14-25)17(9-15)12-26-19-6-8-22(20(23)11-19)28-13-16-3-2-4-18(24)10-16;1-2/h2-11,14,26H,12-13H2,1H3,(H2,25,27);1-2H3. The van der Waals surface area contributed by atoms with Crippen LogP contribution in [0, 0.1) is 12.7 Å². The van der Waals surface area contributed by atoms with Crippen LogP contribution in [0.5, 0.6) is 5.75 Å². The first kappa shape index (κ1) is 23.2. The van der Waals surface area contributed by atoms with E-state index in [9.17, 15) is 4.39 Å². The van der Waals surface area contributed by atoms with Gasteiger partial charge in [0, 0.05) is 12.2 Å². The van der Waals surface area contributed by atoms with E-state index < -0.39 is 0 Å². The fourth-order valence-electron chi connectivity index (χ4n) is 2.78. The number of aliphatic imine (C=N–C) groups is 1. The lowest BCUT2D eigenvalue weighted by atomic mass is 10.1. The number of ether oxygens (including phenoxy) is 1. The van der Waals surface area contributed by atoms with E-state index in [0.29, 0.717) is 17.3 Å². The Hall–Kier alpha value is -3.05. The SMILES string of the molecule is CC.Cc1ccc(N=CN)c(CNc2ccc(OCc3cccc(F)c3)c(Cl)c2)c1. The van der Waals surface area contributed by atoms with E-state index in [4.69, 9.17) is 22.1 Å². The third-order valence-corrected chi connectivity index (χ3v) is 4.44. The second kappa shape index (κ2) is 11.8. The van der Waals surface area contributed by atoms with E-state index in [1.54, 1.807) is 24.3 Å². The lowest BCUT2D eigenvalue weighted by Crippen LogP contribution is -2.01. The van der Waals surface area contributed by atoms with Crippen molar-refractivity contribution in [2.75, 3.05) is 5.32 Å². The van der Waals surface area contributed by atoms with Crippen molar-refractivity contribution >= 4 is 29.3 Å². The van der Waals surface area contributed by atoms with Gasteiger partial charge in [-0.1, -0.05) is 55.3 Å². The van der Waals surface area contributed by atoms with Crippen LogP contribution in [0.4, 0.5) is 15.8 Å². The van der Waals surface area contributed by atoms with Gasteiger partial charge in [0.2, 0.25) is 0 Å². The summed E-state index contributed by atoms with van der Waals surface area (Å²) in [6.45, 7) is 6.85. The van der Waals surface area contributed by atoms with E-state index in [-0.39, 0.29) is 12.4 Å². The number of hydrogen-bond donors (Lipinski definition) is 2. The molecule has 0 bridgehead atoms. The highest BCUT2D eigenvalue weighted by Crippen LogP contribution is 2.29. The molecule has 0 spiro atoms.